The van der Waals surface area contributed by atoms with Crippen molar-refractivity contribution in [2.45, 2.75) is 64.9 Å². The molecule has 0 radical (unpaired) electrons. The van der Waals surface area contributed by atoms with Crippen molar-refractivity contribution >= 4 is 6.29 Å². The number of hydrogen-bond donors (Lipinski definition) is 1. The minimum Gasteiger partial charge on any atom is -0.390 e. The smallest absolute Gasteiger partial charge is 0.120 e. The van der Waals surface area contributed by atoms with E-state index in [4.69, 9.17) is 0 Å². The van der Waals surface area contributed by atoms with Gasteiger partial charge in [-0.05, 0) is 32.1 Å². The van der Waals surface area contributed by atoms with E-state index in [1.807, 2.05) is 13.8 Å². The zero-order valence-corrected chi connectivity index (χ0v) is 9.75. The van der Waals surface area contributed by atoms with Crippen LogP contribution in [0.25, 0.3) is 0 Å². The summed E-state index contributed by atoms with van der Waals surface area (Å²) in [5, 5.41) is 9.76. The zero-order valence-electron chi connectivity index (χ0n) is 9.75. The molecule has 2 nitrogen and oxygen atoms in total. The Morgan fingerprint density at radius 3 is 2.57 bits per heavy atom. The number of aliphatic hydroxyl groups is 1. The van der Waals surface area contributed by atoms with Crippen molar-refractivity contribution in [1.82, 2.24) is 0 Å². The first-order chi connectivity index (χ1) is 6.52. The van der Waals surface area contributed by atoms with Crippen LogP contribution in [0.2, 0.25) is 0 Å². The predicted molar refractivity (Wildman–Crippen MR) is 59.2 cm³/mol. The van der Waals surface area contributed by atoms with Crippen LogP contribution in [0.4, 0.5) is 0 Å². The summed E-state index contributed by atoms with van der Waals surface area (Å²) in [5.41, 5.74) is -0.496. The number of carbonyl (C=O) groups excluding carboxylic acids is 1. The second-order valence-electron chi connectivity index (χ2n) is 4.59. The van der Waals surface area contributed by atoms with Crippen LogP contribution in [-0.2, 0) is 4.79 Å². The first-order valence-electron chi connectivity index (χ1n) is 5.68. The van der Waals surface area contributed by atoms with E-state index < -0.39 is 5.60 Å². The highest BCUT2D eigenvalue weighted by Gasteiger charge is 2.16. The molecule has 1 N–H and O–H groups in total. The molecule has 0 aliphatic carbocycles. The first-order valence-corrected chi connectivity index (χ1v) is 5.68. The Hall–Kier alpha value is -0.370. The highest BCUT2D eigenvalue weighted by molar-refractivity contribution is 5.49. The molecular formula is C12H24O2. The van der Waals surface area contributed by atoms with Gasteiger partial charge >= 0.3 is 0 Å². The van der Waals surface area contributed by atoms with E-state index in [0.29, 0.717) is 12.3 Å². The average Bonchev–Trinajstić information content (AvgIpc) is 2.14. The molecule has 0 aliphatic rings. The van der Waals surface area contributed by atoms with Crippen molar-refractivity contribution in [2.75, 3.05) is 0 Å². The fourth-order valence-electron chi connectivity index (χ4n) is 1.51. The van der Waals surface area contributed by atoms with Gasteiger partial charge in [0, 0.05) is 6.42 Å². The Kier molecular flexibility index (Phi) is 6.81. The maximum Gasteiger partial charge on any atom is 0.120 e. The summed E-state index contributed by atoms with van der Waals surface area (Å²) in [4.78, 5) is 10.1. The van der Waals surface area contributed by atoms with Crippen LogP contribution in [0.15, 0.2) is 0 Å². The SMILES string of the molecule is CCC(C)(O)CCCC(C)CCC=O. The summed E-state index contributed by atoms with van der Waals surface area (Å²) in [6.45, 7) is 6.07. The maximum absolute atomic E-state index is 10.1. The van der Waals surface area contributed by atoms with E-state index in [9.17, 15) is 9.90 Å². The van der Waals surface area contributed by atoms with Crippen molar-refractivity contribution in [3.63, 3.8) is 0 Å². The van der Waals surface area contributed by atoms with Gasteiger partial charge in [0.1, 0.15) is 6.29 Å². The predicted octanol–water partition coefficient (Wildman–Crippen LogP) is 2.93. The van der Waals surface area contributed by atoms with Crippen LogP contribution in [0.1, 0.15) is 59.3 Å². The highest BCUT2D eigenvalue weighted by Crippen LogP contribution is 2.20. The van der Waals surface area contributed by atoms with Crippen LogP contribution in [0.3, 0.4) is 0 Å². The molecule has 2 atom stereocenters. The number of aldehydes is 1. The van der Waals surface area contributed by atoms with Crippen molar-refractivity contribution in [3.05, 3.63) is 0 Å². The fourth-order valence-corrected chi connectivity index (χ4v) is 1.51. The van der Waals surface area contributed by atoms with Gasteiger partial charge in [0.2, 0.25) is 0 Å². The van der Waals surface area contributed by atoms with Crippen LogP contribution >= 0.6 is 0 Å². The lowest BCUT2D eigenvalue weighted by Gasteiger charge is -2.21. The molecule has 0 aromatic heterocycles. The second-order valence-corrected chi connectivity index (χ2v) is 4.59. The first kappa shape index (κ1) is 13.6. The van der Waals surface area contributed by atoms with Gasteiger partial charge in [-0.25, -0.2) is 0 Å². The minimum atomic E-state index is -0.496. The fraction of sp³-hybridized carbons (Fsp3) is 0.917. The third kappa shape index (κ3) is 7.07. The summed E-state index contributed by atoms with van der Waals surface area (Å²) in [5.74, 6) is 0.604. The van der Waals surface area contributed by atoms with Gasteiger partial charge < -0.3 is 9.90 Å². The van der Waals surface area contributed by atoms with Gasteiger partial charge in [0.25, 0.3) is 0 Å². The zero-order chi connectivity index (χ0) is 11.0. The molecule has 0 spiro atoms. The topological polar surface area (TPSA) is 37.3 Å². The molecular weight excluding hydrogens is 176 g/mol. The van der Waals surface area contributed by atoms with E-state index in [1.165, 1.54) is 0 Å². The van der Waals surface area contributed by atoms with Gasteiger partial charge in [0.15, 0.2) is 0 Å². The summed E-state index contributed by atoms with van der Waals surface area (Å²) in [6.07, 6.45) is 6.50. The molecule has 84 valence electrons. The lowest BCUT2D eigenvalue weighted by molar-refractivity contribution is -0.108. The minimum absolute atomic E-state index is 0.496. The Labute approximate surface area is 87.7 Å². The van der Waals surface area contributed by atoms with Crippen molar-refractivity contribution < 1.29 is 9.90 Å². The van der Waals surface area contributed by atoms with Gasteiger partial charge in [-0.3, -0.25) is 0 Å². The molecule has 0 amide bonds. The normalized spacial score (nSPS) is 17.4. The van der Waals surface area contributed by atoms with Crippen molar-refractivity contribution in [3.8, 4) is 0 Å². The number of carbonyl (C=O) groups is 1. The van der Waals surface area contributed by atoms with Crippen LogP contribution in [0.5, 0.6) is 0 Å². The summed E-state index contributed by atoms with van der Waals surface area (Å²) in [6, 6.07) is 0. The van der Waals surface area contributed by atoms with Crippen LogP contribution < -0.4 is 0 Å². The lowest BCUT2D eigenvalue weighted by Crippen LogP contribution is -2.22. The van der Waals surface area contributed by atoms with Crippen LogP contribution in [0, 0.1) is 5.92 Å². The molecule has 2 unspecified atom stereocenters. The number of hydrogen-bond acceptors (Lipinski definition) is 2. The molecule has 2 heteroatoms. The molecule has 0 rings (SSSR count). The van der Waals surface area contributed by atoms with Gasteiger partial charge in [0.05, 0.1) is 5.60 Å². The average molecular weight is 200 g/mol. The number of rotatable bonds is 8. The standard InChI is InChI=1S/C12H24O2/c1-4-12(3,14)9-5-7-11(2)8-6-10-13/h10-11,14H,4-9H2,1-3H3. The summed E-state index contributed by atoms with van der Waals surface area (Å²) >= 11 is 0. The largest absolute Gasteiger partial charge is 0.390 e. The van der Waals surface area contributed by atoms with E-state index in [-0.39, 0.29) is 0 Å². The van der Waals surface area contributed by atoms with Crippen molar-refractivity contribution in [2.24, 2.45) is 5.92 Å². The second kappa shape index (κ2) is 6.99. The third-order valence-electron chi connectivity index (χ3n) is 2.95. The van der Waals surface area contributed by atoms with Gasteiger partial charge in [-0.1, -0.05) is 26.7 Å². The van der Waals surface area contributed by atoms with Gasteiger partial charge in [-0.15, -0.1) is 0 Å². The summed E-state index contributed by atoms with van der Waals surface area (Å²) in [7, 11) is 0. The molecule has 0 aromatic carbocycles. The lowest BCUT2D eigenvalue weighted by atomic mass is 9.92. The monoisotopic (exact) mass is 200 g/mol. The van der Waals surface area contributed by atoms with Crippen LogP contribution in [-0.4, -0.2) is 17.0 Å². The molecule has 0 saturated carbocycles. The molecule has 0 aliphatic heterocycles. The molecule has 0 fully saturated rings. The van der Waals surface area contributed by atoms with E-state index in [0.717, 1.165) is 38.4 Å². The molecule has 0 bridgehead atoms. The molecule has 0 heterocycles. The maximum atomic E-state index is 10.1. The Balaban J connectivity index is 3.48. The van der Waals surface area contributed by atoms with E-state index >= 15 is 0 Å². The van der Waals surface area contributed by atoms with Crippen molar-refractivity contribution in [1.29, 1.82) is 0 Å². The van der Waals surface area contributed by atoms with E-state index in [2.05, 4.69) is 6.92 Å². The molecule has 14 heavy (non-hydrogen) atoms. The Bertz CT molecular complexity index is 152. The quantitative estimate of drug-likeness (QED) is 0.612. The Morgan fingerprint density at radius 1 is 1.43 bits per heavy atom. The molecule has 0 saturated heterocycles. The summed E-state index contributed by atoms with van der Waals surface area (Å²) < 4.78 is 0. The van der Waals surface area contributed by atoms with Gasteiger partial charge in [-0.2, -0.15) is 0 Å². The highest BCUT2D eigenvalue weighted by atomic mass is 16.3. The molecule has 0 aromatic rings. The van der Waals surface area contributed by atoms with E-state index in [1.54, 1.807) is 0 Å². The third-order valence-corrected chi connectivity index (χ3v) is 2.95. The Morgan fingerprint density at radius 2 is 2.07 bits per heavy atom.